The number of benzene rings is 3. The van der Waals surface area contributed by atoms with Crippen molar-refractivity contribution >= 4 is 34.7 Å². The lowest BCUT2D eigenvalue weighted by atomic mass is 10.0. The molecule has 4 aromatic rings. The first-order valence-corrected chi connectivity index (χ1v) is 14.0. The van der Waals surface area contributed by atoms with Crippen LogP contribution in [0.5, 0.6) is 5.75 Å². The molecule has 0 fully saturated rings. The molecule has 1 aromatic heterocycles. The largest absolute Gasteiger partial charge is 0.573 e. The summed E-state index contributed by atoms with van der Waals surface area (Å²) in [5.74, 6) is 1.18. The molecule has 3 aromatic carbocycles. The van der Waals surface area contributed by atoms with Crippen molar-refractivity contribution in [2.24, 2.45) is 4.99 Å². The van der Waals surface area contributed by atoms with E-state index in [9.17, 15) is 18.0 Å². The third-order valence-electron chi connectivity index (χ3n) is 5.77. The fourth-order valence-electron chi connectivity index (χ4n) is 3.83. The average molecular weight is 595 g/mol. The summed E-state index contributed by atoms with van der Waals surface area (Å²) in [6, 6.07) is 20.1. The Hall–Kier alpha value is -4.58. The first-order valence-electron chi connectivity index (χ1n) is 13.0. The van der Waals surface area contributed by atoms with E-state index < -0.39 is 12.4 Å². The van der Waals surface area contributed by atoms with Crippen LogP contribution in [0.1, 0.15) is 37.8 Å². The predicted molar refractivity (Wildman–Crippen MR) is 160 cm³/mol. The number of para-hydroxylation sites is 1. The average Bonchev–Trinajstić information content (AvgIpc) is 3.44. The van der Waals surface area contributed by atoms with Crippen LogP contribution in [-0.2, 0) is 0 Å². The molecule has 2 amide bonds. The quantitative estimate of drug-likeness (QED) is 0.161. The SMILES string of the molecule is CCSC(=Nc1ccccc1C(C)C)NC(=O)N/C=C/c1ccc(-c2ncn(-c3ccc(OC(F)(F)F)cc3)n2)cc1. The minimum Gasteiger partial charge on any atom is -0.406 e. The van der Waals surface area contributed by atoms with Gasteiger partial charge in [0.05, 0.1) is 11.4 Å². The van der Waals surface area contributed by atoms with Crippen molar-refractivity contribution in [3.63, 3.8) is 0 Å². The first-order chi connectivity index (χ1) is 20.1. The highest BCUT2D eigenvalue weighted by Gasteiger charge is 2.31. The van der Waals surface area contributed by atoms with Crippen molar-refractivity contribution in [3.8, 4) is 22.8 Å². The van der Waals surface area contributed by atoms with Crippen LogP contribution < -0.4 is 15.4 Å². The summed E-state index contributed by atoms with van der Waals surface area (Å²) in [6.45, 7) is 6.20. The number of urea groups is 1. The smallest absolute Gasteiger partial charge is 0.406 e. The van der Waals surface area contributed by atoms with E-state index in [4.69, 9.17) is 0 Å². The van der Waals surface area contributed by atoms with Crippen LogP contribution in [0.3, 0.4) is 0 Å². The second-order valence-corrected chi connectivity index (χ2v) is 10.4. The Bertz CT molecular complexity index is 1550. The Kier molecular flexibility index (Phi) is 10.0. The molecule has 0 aliphatic rings. The van der Waals surface area contributed by atoms with Gasteiger partial charge in [0, 0.05) is 11.8 Å². The fraction of sp³-hybridized carbons (Fsp3) is 0.200. The van der Waals surface area contributed by atoms with Gasteiger partial charge in [0.15, 0.2) is 11.0 Å². The number of halogens is 3. The zero-order valence-corrected chi connectivity index (χ0v) is 23.9. The Labute approximate surface area is 245 Å². The number of nitrogens with zero attached hydrogens (tertiary/aromatic N) is 4. The molecule has 4 rings (SSSR count). The third-order valence-corrected chi connectivity index (χ3v) is 6.52. The molecule has 0 bridgehead atoms. The van der Waals surface area contributed by atoms with Gasteiger partial charge in [-0.05, 0) is 59.2 Å². The molecule has 0 atom stereocenters. The summed E-state index contributed by atoms with van der Waals surface area (Å²) in [7, 11) is 0. The van der Waals surface area contributed by atoms with Crippen molar-refractivity contribution in [3.05, 3.63) is 96.5 Å². The first kappa shape index (κ1) is 30.4. The maximum Gasteiger partial charge on any atom is 0.573 e. The molecule has 0 radical (unpaired) electrons. The number of thioether (sulfide) groups is 1. The lowest BCUT2D eigenvalue weighted by molar-refractivity contribution is -0.274. The summed E-state index contributed by atoms with van der Waals surface area (Å²) in [6.07, 6.45) is 0.0110. The molecule has 0 aliphatic carbocycles. The number of aromatic nitrogens is 3. The van der Waals surface area contributed by atoms with Crippen molar-refractivity contribution in [1.82, 2.24) is 25.4 Å². The van der Waals surface area contributed by atoms with E-state index in [1.807, 2.05) is 55.5 Å². The molecule has 2 N–H and O–H groups in total. The van der Waals surface area contributed by atoms with Gasteiger partial charge in [-0.3, -0.25) is 5.32 Å². The Morgan fingerprint density at radius 1 is 1.07 bits per heavy atom. The summed E-state index contributed by atoms with van der Waals surface area (Å²) < 4.78 is 42.5. The number of ether oxygens (including phenoxy) is 1. The zero-order chi connectivity index (χ0) is 30.1. The van der Waals surface area contributed by atoms with E-state index in [2.05, 4.69) is 44.3 Å². The van der Waals surface area contributed by atoms with Gasteiger partial charge in [-0.15, -0.1) is 18.3 Å². The second-order valence-electron chi connectivity index (χ2n) is 9.17. The van der Waals surface area contributed by atoms with E-state index >= 15 is 0 Å². The molecular weight excluding hydrogens is 565 g/mol. The van der Waals surface area contributed by atoms with Gasteiger partial charge in [0.2, 0.25) is 0 Å². The van der Waals surface area contributed by atoms with Crippen LogP contribution in [0.15, 0.2) is 90.3 Å². The normalized spacial score (nSPS) is 12.1. The molecule has 0 saturated carbocycles. The number of alkyl halides is 3. The molecule has 0 spiro atoms. The molecular formula is C30H29F3N6O2S. The van der Waals surface area contributed by atoms with Crippen molar-refractivity contribution in [1.29, 1.82) is 0 Å². The van der Waals surface area contributed by atoms with E-state index in [0.29, 0.717) is 22.6 Å². The molecule has 42 heavy (non-hydrogen) atoms. The van der Waals surface area contributed by atoms with Gasteiger partial charge < -0.3 is 10.1 Å². The number of hydrogen-bond donors (Lipinski definition) is 2. The molecule has 8 nitrogen and oxygen atoms in total. The highest BCUT2D eigenvalue weighted by Crippen LogP contribution is 2.27. The van der Waals surface area contributed by atoms with E-state index in [0.717, 1.165) is 28.1 Å². The highest BCUT2D eigenvalue weighted by atomic mass is 32.2. The van der Waals surface area contributed by atoms with Crippen LogP contribution in [-0.4, -0.2) is 38.1 Å². The molecule has 0 unspecified atom stereocenters. The van der Waals surface area contributed by atoms with Crippen LogP contribution in [0, 0.1) is 0 Å². The lowest BCUT2D eigenvalue weighted by Crippen LogP contribution is -2.35. The summed E-state index contributed by atoms with van der Waals surface area (Å²) in [4.78, 5) is 21.5. The van der Waals surface area contributed by atoms with Crippen molar-refractivity contribution < 1.29 is 22.7 Å². The number of carbonyl (C=O) groups is 1. The van der Waals surface area contributed by atoms with Crippen molar-refractivity contribution in [2.45, 2.75) is 33.1 Å². The Balaban J connectivity index is 1.35. The lowest BCUT2D eigenvalue weighted by Gasteiger charge is -2.11. The number of carbonyl (C=O) groups excluding carboxylic acids is 1. The minimum atomic E-state index is -4.75. The second kappa shape index (κ2) is 13.9. The fourth-order valence-corrected chi connectivity index (χ4v) is 4.43. The van der Waals surface area contributed by atoms with E-state index in [1.54, 1.807) is 12.3 Å². The molecule has 0 aliphatic heterocycles. The number of amidine groups is 1. The monoisotopic (exact) mass is 594 g/mol. The van der Waals surface area contributed by atoms with E-state index in [1.165, 1.54) is 47.0 Å². The Morgan fingerprint density at radius 3 is 2.45 bits per heavy atom. The van der Waals surface area contributed by atoms with Crippen LogP contribution in [0.2, 0.25) is 0 Å². The van der Waals surface area contributed by atoms with Gasteiger partial charge in [-0.25, -0.2) is 19.5 Å². The maximum atomic E-state index is 12.5. The molecule has 0 saturated heterocycles. The number of hydrogen-bond acceptors (Lipinski definition) is 6. The van der Waals surface area contributed by atoms with E-state index in [-0.39, 0.29) is 5.75 Å². The highest BCUT2D eigenvalue weighted by molar-refractivity contribution is 8.13. The van der Waals surface area contributed by atoms with Crippen LogP contribution >= 0.6 is 11.8 Å². The van der Waals surface area contributed by atoms with Gasteiger partial charge in [-0.2, -0.15) is 0 Å². The number of aliphatic imine (C=N–C) groups is 1. The number of amides is 2. The topological polar surface area (TPSA) is 93.4 Å². The molecule has 218 valence electrons. The third kappa shape index (κ3) is 8.71. The standard InChI is InChI=1S/C30H29F3N6O2S/c1-4-42-29(36-26-8-6-5-7-25(26)20(2)3)37-28(40)34-18-17-21-9-11-22(12-10-21)27-35-19-39(38-27)23-13-15-24(16-14-23)41-30(31,32)33/h5-20H,4H2,1-3H3,(H2,34,36,37,40)/b18-17+. The van der Waals surface area contributed by atoms with Gasteiger partial charge >= 0.3 is 12.4 Å². The Morgan fingerprint density at radius 2 is 1.79 bits per heavy atom. The molecule has 1 heterocycles. The summed E-state index contributed by atoms with van der Waals surface area (Å²) in [5, 5.41) is 10.4. The maximum absolute atomic E-state index is 12.5. The van der Waals surface area contributed by atoms with Crippen LogP contribution in [0.25, 0.3) is 23.2 Å². The van der Waals surface area contributed by atoms with Crippen LogP contribution in [0.4, 0.5) is 23.7 Å². The zero-order valence-electron chi connectivity index (χ0n) is 23.1. The number of nitrogens with one attached hydrogen (secondary N) is 2. The summed E-state index contributed by atoms with van der Waals surface area (Å²) in [5.41, 5.74) is 4.04. The molecule has 12 heteroatoms. The predicted octanol–water partition coefficient (Wildman–Crippen LogP) is 7.67. The minimum absolute atomic E-state index is 0.301. The number of rotatable bonds is 8. The summed E-state index contributed by atoms with van der Waals surface area (Å²) >= 11 is 1.45. The van der Waals surface area contributed by atoms with Gasteiger partial charge in [0.25, 0.3) is 0 Å². The van der Waals surface area contributed by atoms with Gasteiger partial charge in [-0.1, -0.05) is 75.0 Å². The van der Waals surface area contributed by atoms with Crippen molar-refractivity contribution in [2.75, 3.05) is 5.75 Å². The van der Waals surface area contributed by atoms with Gasteiger partial charge in [0.1, 0.15) is 12.1 Å².